The van der Waals surface area contributed by atoms with Crippen molar-refractivity contribution >= 4 is 20.7 Å². The van der Waals surface area contributed by atoms with Gasteiger partial charge in [0.15, 0.2) is 0 Å². The summed E-state index contributed by atoms with van der Waals surface area (Å²) in [6.07, 6.45) is 0. The number of nitrogens with zero attached hydrogens (tertiary/aromatic N) is 2. The summed E-state index contributed by atoms with van der Waals surface area (Å²) in [5.74, 6) is 0. The van der Waals surface area contributed by atoms with Crippen molar-refractivity contribution in [2.24, 2.45) is 4.99 Å². The number of benzene rings is 3. The summed E-state index contributed by atoms with van der Waals surface area (Å²) >= 11 is 3.22. The van der Waals surface area contributed by atoms with Gasteiger partial charge in [0, 0.05) is 0 Å². The number of hydrogen-bond acceptors (Lipinski definition) is 1. The second kappa shape index (κ2) is 9.03. The molecular weight excluding hydrogens is 395 g/mol. The molecule has 0 saturated heterocycles. The number of aliphatic imine (C=N–C) groups is 1. The van der Waals surface area contributed by atoms with Crippen LogP contribution in [-0.2, 0) is 5.54 Å². The molecule has 0 heterocycles. The Morgan fingerprint density at radius 2 is 1.04 bits per heavy atom. The Morgan fingerprint density at radius 3 is 1.33 bits per heavy atom. The predicted molar refractivity (Wildman–Crippen MR) is 115 cm³/mol. The summed E-state index contributed by atoms with van der Waals surface area (Å²) in [5.41, 5.74) is 2.86. The van der Waals surface area contributed by atoms with E-state index in [1.165, 1.54) is 0 Å². The van der Waals surface area contributed by atoms with Gasteiger partial charge >= 0.3 is 171 Å². The van der Waals surface area contributed by atoms with Gasteiger partial charge in [-0.05, 0) is 0 Å². The molecule has 0 spiro atoms. The molecule has 137 valence electrons. The third kappa shape index (κ3) is 4.00. The standard InChI is InChI=1S/C24H25N2Se/c1-3-26(4-2)23(27)25-24(20-14-8-5-9-15-20,21-16-10-6-11-17-21)22-18-12-7-13-19-22/h5-19H,3-4H2,1-2H3. The van der Waals surface area contributed by atoms with Crippen LogP contribution in [0.5, 0.6) is 0 Å². The molecule has 3 aromatic carbocycles. The topological polar surface area (TPSA) is 15.6 Å². The molecule has 3 rings (SSSR count). The second-order valence-electron chi connectivity index (χ2n) is 6.38. The van der Waals surface area contributed by atoms with Crippen LogP contribution in [0.3, 0.4) is 0 Å². The average Bonchev–Trinajstić information content (AvgIpc) is 2.75. The van der Waals surface area contributed by atoms with Crippen molar-refractivity contribution in [3.8, 4) is 0 Å². The molecule has 0 aliphatic carbocycles. The first-order valence-corrected chi connectivity index (χ1v) is 10.3. The summed E-state index contributed by atoms with van der Waals surface area (Å²) in [7, 11) is 0. The number of amidine groups is 1. The molecule has 0 atom stereocenters. The Kier molecular flexibility index (Phi) is 6.49. The van der Waals surface area contributed by atoms with Crippen LogP contribution in [0, 0.1) is 0 Å². The van der Waals surface area contributed by atoms with E-state index in [0.29, 0.717) is 0 Å². The predicted octanol–water partition coefficient (Wildman–Crippen LogP) is 4.84. The van der Waals surface area contributed by atoms with Gasteiger partial charge in [-0.15, -0.1) is 0 Å². The zero-order chi connectivity index (χ0) is 19.1. The van der Waals surface area contributed by atoms with Crippen LogP contribution in [-0.4, -0.2) is 38.7 Å². The molecule has 0 aromatic heterocycles. The molecule has 3 heteroatoms. The summed E-state index contributed by atoms with van der Waals surface area (Å²) in [4.78, 5) is 7.60. The van der Waals surface area contributed by atoms with Crippen LogP contribution >= 0.6 is 0 Å². The van der Waals surface area contributed by atoms with Crippen LogP contribution in [0.2, 0.25) is 0 Å². The molecule has 0 fully saturated rings. The minimum atomic E-state index is -0.604. The van der Waals surface area contributed by atoms with Gasteiger partial charge in [-0.25, -0.2) is 0 Å². The quantitative estimate of drug-likeness (QED) is 0.241. The van der Waals surface area contributed by atoms with Gasteiger partial charge in [-0.3, -0.25) is 0 Å². The van der Waals surface area contributed by atoms with Crippen LogP contribution < -0.4 is 0 Å². The van der Waals surface area contributed by atoms with E-state index in [4.69, 9.17) is 4.99 Å². The van der Waals surface area contributed by atoms with E-state index in [-0.39, 0.29) is 0 Å². The Labute approximate surface area is 170 Å². The molecule has 3 aromatic rings. The third-order valence-corrected chi connectivity index (χ3v) is 5.61. The van der Waals surface area contributed by atoms with E-state index in [1.807, 2.05) is 0 Å². The molecule has 0 unspecified atom stereocenters. The van der Waals surface area contributed by atoms with Crippen molar-refractivity contribution in [1.29, 1.82) is 0 Å². The van der Waals surface area contributed by atoms with Crippen molar-refractivity contribution in [3.63, 3.8) is 0 Å². The Balaban J connectivity index is 2.35. The van der Waals surface area contributed by atoms with E-state index in [2.05, 4.69) is 126 Å². The monoisotopic (exact) mass is 421 g/mol. The van der Waals surface area contributed by atoms with Crippen molar-refractivity contribution in [3.05, 3.63) is 108 Å². The van der Waals surface area contributed by atoms with Gasteiger partial charge in [0.2, 0.25) is 0 Å². The van der Waals surface area contributed by atoms with Crippen LogP contribution in [0.15, 0.2) is 96.0 Å². The van der Waals surface area contributed by atoms with Gasteiger partial charge in [-0.2, -0.15) is 0 Å². The van der Waals surface area contributed by atoms with Gasteiger partial charge in [0.25, 0.3) is 0 Å². The Hall–Kier alpha value is -2.35. The van der Waals surface area contributed by atoms with E-state index < -0.39 is 5.54 Å². The second-order valence-corrected chi connectivity index (χ2v) is 7.14. The SMILES string of the molecule is CCN(CC)C([Se])=NC(c1ccccc1)(c1ccccc1)c1ccccc1. The summed E-state index contributed by atoms with van der Waals surface area (Å²) < 4.78 is 0.927. The van der Waals surface area contributed by atoms with E-state index in [0.717, 1.165) is 34.5 Å². The molecule has 2 nitrogen and oxygen atoms in total. The van der Waals surface area contributed by atoms with Crippen LogP contribution in [0.25, 0.3) is 0 Å². The fourth-order valence-electron chi connectivity index (χ4n) is 3.44. The van der Waals surface area contributed by atoms with Gasteiger partial charge in [0.1, 0.15) is 0 Å². The van der Waals surface area contributed by atoms with Gasteiger partial charge in [0.05, 0.1) is 0 Å². The Bertz CT molecular complexity index is 760. The zero-order valence-electron chi connectivity index (χ0n) is 15.9. The third-order valence-electron chi connectivity index (χ3n) is 4.87. The first-order valence-electron chi connectivity index (χ1n) is 9.40. The van der Waals surface area contributed by atoms with Gasteiger partial charge < -0.3 is 0 Å². The maximum atomic E-state index is 5.35. The first-order chi connectivity index (χ1) is 13.2. The summed E-state index contributed by atoms with van der Waals surface area (Å²) in [6, 6.07) is 31.7. The van der Waals surface area contributed by atoms with E-state index in [9.17, 15) is 0 Å². The molecule has 0 N–H and O–H groups in total. The molecule has 0 saturated carbocycles. The molecule has 0 bridgehead atoms. The summed E-state index contributed by atoms with van der Waals surface area (Å²) in [6.45, 7) is 6.14. The van der Waals surface area contributed by atoms with E-state index in [1.54, 1.807) is 0 Å². The van der Waals surface area contributed by atoms with Crippen molar-refractivity contribution in [1.82, 2.24) is 4.90 Å². The molecular formula is C24H25N2Se. The number of hydrogen-bond donors (Lipinski definition) is 0. The molecule has 0 amide bonds. The van der Waals surface area contributed by atoms with Crippen molar-refractivity contribution in [2.45, 2.75) is 19.4 Å². The zero-order valence-corrected chi connectivity index (χ0v) is 17.6. The molecule has 0 aliphatic rings. The Morgan fingerprint density at radius 1 is 0.704 bits per heavy atom. The van der Waals surface area contributed by atoms with E-state index >= 15 is 0 Å². The van der Waals surface area contributed by atoms with Crippen molar-refractivity contribution < 1.29 is 0 Å². The molecule has 1 radical (unpaired) electrons. The normalized spacial score (nSPS) is 12.0. The fourth-order valence-corrected chi connectivity index (χ4v) is 4.27. The minimum absolute atomic E-state index is 0.604. The fraction of sp³-hybridized carbons (Fsp3) is 0.208. The van der Waals surface area contributed by atoms with Crippen LogP contribution in [0.1, 0.15) is 30.5 Å². The maximum absolute atomic E-state index is 5.35. The first kappa shape index (κ1) is 19.4. The van der Waals surface area contributed by atoms with Gasteiger partial charge in [-0.1, -0.05) is 0 Å². The van der Waals surface area contributed by atoms with Crippen molar-refractivity contribution in [2.75, 3.05) is 13.1 Å². The summed E-state index contributed by atoms with van der Waals surface area (Å²) in [5, 5.41) is 0. The molecule has 27 heavy (non-hydrogen) atoms. The average molecular weight is 420 g/mol. The molecule has 0 aliphatic heterocycles. The number of rotatable bonds is 6. The van der Waals surface area contributed by atoms with Crippen LogP contribution in [0.4, 0.5) is 0 Å².